The van der Waals surface area contributed by atoms with Gasteiger partial charge in [-0.3, -0.25) is 9.69 Å². The van der Waals surface area contributed by atoms with Gasteiger partial charge in [0.05, 0.1) is 18.6 Å². The van der Waals surface area contributed by atoms with Gasteiger partial charge < -0.3 is 14.2 Å². The Bertz CT molecular complexity index is 711. The summed E-state index contributed by atoms with van der Waals surface area (Å²) >= 11 is 0. The van der Waals surface area contributed by atoms with E-state index in [0.717, 1.165) is 25.3 Å². The molecule has 0 radical (unpaired) electrons. The molecule has 6 nitrogen and oxygen atoms in total. The molecule has 3 rings (SSSR count). The topological polar surface area (TPSA) is 50.6 Å². The highest BCUT2D eigenvalue weighted by Crippen LogP contribution is 2.28. The number of fused-ring (bicyclic) bond motifs is 1. The fraction of sp³-hybridized carbons (Fsp3) is 0.474. The number of hydrogen-bond acceptors (Lipinski definition) is 4. The van der Waals surface area contributed by atoms with Crippen molar-refractivity contribution >= 4 is 5.91 Å². The molecule has 0 bridgehead atoms. The molecule has 1 atom stereocenters. The molecule has 2 heterocycles. The van der Waals surface area contributed by atoms with Crippen LogP contribution in [0.3, 0.4) is 0 Å². The first kappa shape index (κ1) is 17.6. The first-order valence-electron chi connectivity index (χ1n) is 8.59. The van der Waals surface area contributed by atoms with E-state index >= 15 is 0 Å². The van der Waals surface area contributed by atoms with Crippen LogP contribution in [0, 0.1) is 0 Å². The number of rotatable bonds is 6. The van der Waals surface area contributed by atoms with Crippen molar-refractivity contribution in [1.29, 1.82) is 0 Å². The Kier molecular flexibility index (Phi) is 5.50. The maximum Gasteiger partial charge on any atom is 0.248 e. The van der Waals surface area contributed by atoms with E-state index < -0.39 is 0 Å². The SMILES string of the molecule is CN(C)C(=O)COCC1CN(Cc2ccccc2)Cc2ncn(C)c21. The van der Waals surface area contributed by atoms with Crippen molar-refractivity contribution < 1.29 is 9.53 Å². The van der Waals surface area contributed by atoms with Gasteiger partial charge in [0.15, 0.2) is 0 Å². The minimum absolute atomic E-state index is 0.0119. The van der Waals surface area contributed by atoms with Gasteiger partial charge in [0.1, 0.15) is 6.61 Å². The van der Waals surface area contributed by atoms with E-state index in [0.29, 0.717) is 6.61 Å². The summed E-state index contributed by atoms with van der Waals surface area (Å²) < 4.78 is 7.80. The summed E-state index contributed by atoms with van der Waals surface area (Å²) in [4.78, 5) is 20.2. The summed E-state index contributed by atoms with van der Waals surface area (Å²) in [6, 6.07) is 10.5. The predicted molar refractivity (Wildman–Crippen MR) is 96.0 cm³/mol. The van der Waals surface area contributed by atoms with Crippen LogP contribution in [0.15, 0.2) is 36.7 Å². The number of ether oxygens (including phenoxy) is 1. The van der Waals surface area contributed by atoms with E-state index in [-0.39, 0.29) is 18.4 Å². The molecule has 25 heavy (non-hydrogen) atoms. The lowest BCUT2D eigenvalue weighted by Crippen LogP contribution is -2.36. The van der Waals surface area contributed by atoms with Crippen LogP contribution in [-0.2, 0) is 29.7 Å². The Morgan fingerprint density at radius 2 is 2.08 bits per heavy atom. The van der Waals surface area contributed by atoms with Crippen LogP contribution in [0.25, 0.3) is 0 Å². The number of nitrogens with zero attached hydrogens (tertiary/aromatic N) is 4. The van der Waals surface area contributed by atoms with E-state index in [1.807, 2.05) is 19.4 Å². The maximum absolute atomic E-state index is 11.7. The predicted octanol–water partition coefficient (Wildman–Crippen LogP) is 1.62. The lowest BCUT2D eigenvalue weighted by atomic mass is 9.98. The van der Waals surface area contributed by atoms with Crippen LogP contribution in [0.5, 0.6) is 0 Å². The van der Waals surface area contributed by atoms with Crippen LogP contribution in [0.2, 0.25) is 0 Å². The number of carbonyl (C=O) groups excluding carboxylic acids is 1. The van der Waals surface area contributed by atoms with Crippen molar-refractivity contribution in [1.82, 2.24) is 19.4 Å². The van der Waals surface area contributed by atoms with E-state index in [9.17, 15) is 4.79 Å². The standard InChI is InChI=1S/C19H26N4O2/c1-21(2)18(24)13-25-12-16-10-23(9-15-7-5-4-6-8-15)11-17-19(16)22(3)14-20-17/h4-8,14,16H,9-13H2,1-3H3. The average Bonchev–Trinajstić information content (AvgIpc) is 2.96. The van der Waals surface area contributed by atoms with Gasteiger partial charge >= 0.3 is 0 Å². The summed E-state index contributed by atoms with van der Waals surface area (Å²) in [5.41, 5.74) is 3.63. The minimum atomic E-state index is -0.0119. The second kappa shape index (κ2) is 7.80. The summed E-state index contributed by atoms with van der Waals surface area (Å²) in [6.45, 7) is 3.28. The molecule has 0 saturated heterocycles. The molecule has 0 spiro atoms. The summed E-state index contributed by atoms with van der Waals surface area (Å²) in [6.07, 6.45) is 1.87. The summed E-state index contributed by atoms with van der Waals surface area (Å²) in [5, 5.41) is 0. The van der Waals surface area contributed by atoms with Gasteiger partial charge in [0.2, 0.25) is 5.91 Å². The van der Waals surface area contributed by atoms with Crippen molar-refractivity contribution in [2.24, 2.45) is 7.05 Å². The van der Waals surface area contributed by atoms with Crippen LogP contribution < -0.4 is 0 Å². The number of amides is 1. The zero-order chi connectivity index (χ0) is 17.8. The highest BCUT2D eigenvalue weighted by Gasteiger charge is 2.29. The zero-order valence-corrected chi connectivity index (χ0v) is 15.2. The molecule has 134 valence electrons. The minimum Gasteiger partial charge on any atom is -0.371 e. The molecule has 2 aromatic rings. The molecule has 1 unspecified atom stereocenters. The van der Waals surface area contributed by atoms with Crippen molar-refractivity contribution in [3.8, 4) is 0 Å². The monoisotopic (exact) mass is 342 g/mol. The van der Waals surface area contributed by atoms with Gasteiger partial charge in [0.25, 0.3) is 0 Å². The molecular weight excluding hydrogens is 316 g/mol. The quantitative estimate of drug-likeness (QED) is 0.801. The van der Waals surface area contributed by atoms with Gasteiger partial charge in [0, 0.05) is 52.4 Å². The van der Waals surface area contributed by atoms with Crippen LogP contribution in [-0.4, -0.2) is 59.1 Å². The molecule has 0 saturated carbocycles. The Hall–Kier alpha value is -2.18. The van der Waals surface area contributed by atoms with Crippen LogP contribution in [0.4, 0.5) is 0 Å². The molecule has 0 fully saturated rings. The number of benzene rings is 1. The highest BCUT2D eigenvalue weighted by molar-refractivity contribution is 5.76. The van der Waals surface area contributed by atoms with Crippen LogP contribution >= 0.6 is 0 Å². The zero-order valence-electron chi connectivity index (χ0n) is 15.2. The number of aromatic nitrogens is 2. The van der Waals surface area contributed by atoms with Crippen molar-refractivity contribution in [2.45, 2.75) is 19.0 Å². The van der Waals surface area contributed by atoms with Crippen molar-refractivity contribution in [2.75, 3.05) is 33.9 Å². The van der Waals surface area contributed by atoms with Gasteiger partial charge in [-0.1, -0.05) is 30.3 Å². The first-order chi connectivity index (χ1) is 12.0. The third kappa shape index (κ3) is 4.27. The number of carbonyl (C=O) groups is 1. The molecular formula is C19H26N4O2. The largest absolute Gasteiger partial charge is 0.371 e. The summed E-state index contributed by atoms with van der Waals surface area (Å²) in [7, 11) is 5.51. The Morgan fingerprint density at radius 3 is 2.80 bits per heavy atom. The third-order valence-electron chi connectivity index (χ3n) is 4.59. The lowest BCUT2D eigenvalue weighted by Gasteiger charge is -2.32. The summed E-state index contributed by atoms with van der Waals surface area (Å²) in [5.74, 6) is 0.206. The second-order valence-corrected chi connectivity index (χ2v) is 6.84. The molecule has 1 aliphatic heterocycles. The molecule has 6 heteroatoms. The molecule has 1 aromatic heterocycles. The molecule has 0 N–H and O–H groups in total. The Labute approximate surface area is 149 Å². The van der Waals surface area contributed by atoms with Gasteiger partial charge in [-0.2, -0.15) is 0 Å². The maximum atomic E-state index is 11.7. The second-order valence-electron chi connectivity index (χ2n) is 6.84. The number of aryl methyl sites for hydroxylation is 1. The average molecular weight is 342 g/mol. The Morgan fingerprint density at radius 1 is 1.32 bits per heavy atom. The fourth-order valence-corrected chi connectivity index (χ4v) is 3.32. The van der Waals surface area contributed by atoms with E-state index in [1.165, 1.54) is 11.3 Å². The molecule has 1 aliphatic rings. The molecule has 1 amide bonds. The van der Waals surface area contributed by atoms with Crippen molar-refractivity contribution in [3.63, 3.8) is 0 Å². The fourth-order valence-electron chi connectivity index (χ4n) is 3.32. The number of likely N-dealkylation sites (N-methyl/N-ethyl adjacent to an activating group) is 1. The smallest absolute Gasteiger partial charge is 0.248 e. The first-order valence-corrected chi connectivity index (χ1v) is 8.59. The third-order valence-corrected chi connectivity index (χ3v) is 4.59. The Balaban J connectivity index is 1.67. The van der Waals surface area contributed by atoms with Gasteiger partial charge in [-0.15, -0.1) is 0 Å². The normalized spacial score (nSPS) is 17.3. The van der Waals surface area contributed by atoms with E-state index in [1.54, 1.807) is 19.0 Å². The number of hydrogen-bond donors (Lipinski definition) is 0. The molecule has 1 aromatic carbocycles. The van der Waals surface area contributed by atoms with E-state index in [2.05, 4.69) is 38.7 Å². The van der Waals surface area contributed by atoms with Crippen molar-refractivity contribution in [3.05, 3.63) is 53.6 Å². The lowest BCUT2D eigenvalue weighted by molar-refractivity contribution is -0.133. The van der Waals surface area contributed by atoms with Gasteiger partial charge in [-0.25, -0.2) is 4.98 Å². The van der Waals surface area contributed by atoms with Gasteiger partial charge in [-0.05, 0) is 5.56 Å². The van der Waals surface area contributed by atoms with Crippen LogP contribution in [0.1, 0.15) is 22.9 Å². The number of imidazole rings is 1. The van der Waals surface area contributed by atoms with E-state index in [4.69, 9.17) is 4.74 Å². The molecule has 0 aliphatic carbocycles. The highest BCUT2D eigenvalue weighted by atomic mass is 16.5.